The fourth-order valence-corrected chi connectivity index (χ4v) is 2.73. The molecular weight excluding hydrogens is 254 g/mol. The van der Waals surface area contributed by atoms with Crippen LogP contribution in [0.3, 0.4) is 0 Å². The monoisotopic (exact) mass is 273 g/mol. The highest BCUT2D eigenvalue weighted by molar-refractivity contribution is 6.06. The molecule has 1 aliphatic rings. The number of nitrogens with one attached hydrogen (secondary N) is 1. The summed E-state index contributed by atoms with van der Waals surface area (Å²) in [6.07, 6.45) is 1.80. The molecule has 5 nitrogen and oxygen atoms in total. The van der Waals surface area contributed by atoms with Gasteiger partial charge >= 0.3 is 0 Å². The molecule has 1 aliphatic heterocycles. The molecule has 1 aromatic carbocycles. The zero-order valence-corrected chi connectivity index (χ0v) is 11.4. The number of nitrogens with zero attached hydrogens (tertiary/aromatic N) is 2. The number of aromatic nitrogens is 1. The van der Waals surface area contributed by atoms with E-state index in [9.17, 15) is 4.79 Å². The van der Waals surface area contributed by atoms with Gasteiger partial charge in [-0.2, -0.15) is 0 Å². The number of piperazine rings is 1. The minimum atomic E-state index is 0.0890. The molecule has 0 saturated carbocycles. The summed E-state index contributed by atoms with van der Waals surface area (Å²) in [5, 5.41) is 9.92. The van der Waals surface area contributed by atoms with Crippen molar-refractivity contribution in [3.63, 3.8) is 0 Å². The third kappa shape index (κ3) is 2.42. The Labute approximate surface area is 117 Å². The Hall–Kier alpha value is -1.85. The Balaban J connectivity index is 1.74. The van der Waals surface area contributed by atoms with Crippen molar-refractivity contribution in [3.8, 4) is 0 Å². The highest BCUT2D eigenvalue weighted by Crippen LogP contribution is 2.20. The first-order chi connectivity index (χ1) is 9.79. The highest BCUT2D eigenvalue weighted by Gasteiger charge is 2.23. The van der Waals surface area contributed by atoms with Gasteiger partial charge in [-0.3, -0.25) is 9.69 Å². The molecule has 2 aromatic rings. The highest BCUT2D eigenvalue weighted by atomic mass is 16.3. The van der Waals surface area contributed by atoms with Gasteiger partial charge in [0.05, 0.1) is 12.2 Å². The maximum Gasteiger partial charge on any atom is 0.256 e. The van der Waals surface area contributed by atoms with Gasteiger partial charge in [-0.1, -0.05) is 18.2 Å². The minimum absolute atomic E-state index is 0.0890. The third-order valence-electron chi connectivity index (χ3n) is 3.90. The standard InChI is InChI=1S/C15H19N3O2/c19-10-9-17-5-7-18(8-6-17)15(20)13-11-16-14-4-2-1-3-12(13)14/h1-4,11,16,19H,5-10H2. The quantitative estimate of drug-likeness (QED) is 0.874. The smallest absolute Gasteiger partial charge is 0.256 e. The number of rotatable bonds is 3. The fourth-order valence-electron chi connectivity index (χ4n) is 2.73. The van der Waals surface area contributed by atoms with E-state index < -0.39 is 0 Å². The van der Waals surface area contributed by atoms with Crippen LogP contribution in [0.25, 0.3) is 10.9 Å². The fraction of sp³-hybridized carbons (Fsp3) is 0.400. The predicted octanol–water partition coefficient (Wildman–Crippen LogP) is 0.918. The van der Waals surface area contributed by atoms with Crippen molar-refractivity contribution in [2.75, 3.05) is 39.3 Å². The van der Waals surface area contributed by atoms with E-state index in [0.717, 1.165) is 42.6 Å². The van der Waals surface area contributed by atoms with Crippen LogP contribution in [0.1, 0.15) is 10.4 Å². The molecule has 3 rings (SSSR count). The summed E-state index contributed by atoms with van der Waals surface area (Å²) in [7, 11) is 0. The molecule has 1 fully saturated rings. The molecule has 1 saturated heterocycles. The lowest BCUT2D eigenvalue weighted by Gasteiger charge is -2.34. The van der Waals surface area contributed by atoms with Crippen molar-refractivity contribution >= 4 is 16.8 Å². The lowest BCUT2D eigenvalue weighted by Crippen LogP contribution is -2.49. The van der Waals surface area contributed by atoms with E-state index in [1.54, 1.807) is 6.20 Å². The molecule has 0 unspecified atom stereocenters. The number of β-amino-alcohol motifs (C(OH)–C–C–N with tert-alkyl or cyclic N) is 1. The summed E-state index contributed by atoms with van der Waals surface area (Å²) < 4.78 is 0. The van der Waals surface area contributed by atoms with Crippen molar-refractivity contribution in [1.29, 1.82) is 0 Å². The van der Waals surface area contributed by atoms with E-state index >= 15 is 0 Å². The molecular formula is C15H19N3O2. The lowest BCUT2D eigenvalue weighted by molar-refractivity contribution is 0.0617. The van der Waals surface area contributed by atoms with E-state index in [4.69, 9.17) is 5.11 Å². The maximum absolute atomic E-state index is 12.6. The number of H-pyrrole nitrogens is 1. The number of hydrogen-bond donors (Lipinski definition) is 2. The molecule has 2 N–H and O–H groups in total. The van der Waals surface area contributed by atoms with Crippen molar-refractivity contribution in [2.45, 2.75) is 0 Å². The van der Waals surface area contributed by atoms with Gasteiger partial charge in [0.2, 0.25) is 0 Å². The van der Waals surface area contributed by atoms with Crippen LogP contribution in [0.2, 0.25) is 0 Å². The van der Waals surface area contributed by atoms with E-state index in [1.165, 1.54) is 0 Å². The largest absolute Gasteiger partial charge is 0.395 e. The Morgan fingerprint density at radius 2 is 1.95 bits per heavy atom. The molecule has 0 aliphatic carbocycles. The van der Waals surface area contributed by atoms with E-state index in [-0.39, 0.29) is 12.5 Å². The minimum Gasteiger partial charge on any atom is -0.395 e. The summed E-state index contributed by atoms with van der Waals surface area (Å²) in [5.41, 5.74) is 1.74. The molecule has 0 spiro atoms. The number of carbonyl (C=O) groups is 1. The van der Waals surface area contributed by atoms with E-state index in [1.807, 2.05) is 29.2 Å². The van der Waals surface area contributed by atoms with Gasteiger partial charge in [0.25, 0.3) is 5.91 Å². The average Bonchev–Trinajstić information content (AvgIpc) is 2.92. The van der Waals surface area contributed by atoms with Crippen LogP contribution >= 0.6 is 0 Å². The number of para-hydroxylation sites is 1. The average molecular weight is 273 g/mol. The van der Waals surface area contributed by atoms with Crippen LogP contribution in [0.15, 0.2) is 30.5 Å². The zero-order chi connectivity index (χ0) is 13.9. The first kappa shape index (κ1) is 13.1. The van der Waals surface area contributed by atoms with Crippen molar-refractivity contribution in [2.24, 2.45) is 0 Å². The number of benzene rings is 1. The zero-order valence-electron chi connectivity index (χ0n) is 11.4. The predicted molar refractivity (Wildman–Crippen MR) is 77.7 cm³/mol. The normalized spacial score (nSPS) is 16.8. The van der Waals surface area contributed by atoms with Crippen molar-refractivity contribution in [1.82, 2.24) is 14.8 Å². The van der Waals surface area contributed by atoms with Crippen LogP contribution in [0.5, 0.6) is 0 Å². The van der Waals surface area contributed by atoms with Crippen molar-refractivity contribution in [3.05, 3.63) is 36.0 Å². The van der Waals surface area contributed by atoms with E-state index in [0.29, 0.717) is 6.54 Å². The number of aliphatic hydroxyl groups excluding tert-OH is 1. The second-order valence-electron chi connectivity index (χ2n) is 5.11. The van der Waals surface area contributed by atoms with Crippen molar-refractivity contribution < 1.29 is 9.90 Å². The van der Waals surface area contributed by atoms with Crippen LogP contribution in [-0.4, -0.2) is 65.1 Å². The number of carbonyl (C=O) groups excluding carboxylic acids is 1. The van der Waals surface area contributed by atoms with Gasteiger partial charge in [-0.05, 0) is 6.07 Å². The molecule has 20 heavy (non-hydrogen) atoms. The molecule has 0 bridgehead atoms. The number of fused-ring (bicyclic) bond motifs is 1. The molecule has 0 atom stereocenters. The van der Waals surface area contributed by atoms with Gasteiger partial charge in [-0.15, -0.1) is 0 Å². The number of hydrogen-bond acceptors (Lipinski definition) is 3. The second kappa shape index (κ2) is 5.64. The summed E-state index contributed by atoms with van der Waals surface area (Å²) in [5.74, 6) is 0.0890. The summed E-state index contributed by atoms with van der Waals surface area (Å²) >= 11 is 0. The lowest BCUT2D eigenvalue weighted by atomic mass is 10.1. The molecule has 0 radical (unpaired) electrons. The Morgan fingerprint density at radius 1 is 1.20 bits per heavy atom. The molecule has 5 heteroatoms. The Kier molecular flexibility index (Phi) is 3.71. The first-order valence-electron chi connectivity index (χ1n) is 6.98. The topological polar surface area (TPSA) is 59.6 Å². The van der Waals surface area contributed by atoms with Gasteiger partial charge in [0.1, 0.15) is 0 Å². The second-order valence-corrected chi connectivity index (χ2v) is 5.11. The SMILES string of the molecule is O=C(c1c[nH]c2ccccc12)N1CCN(CCO)CC1. The number of amides is 1. The van der Waals surface area contributed by atoms with Crippen LogP contribution in [-0.2, 0) is 0 Å². The number of aliphatic hydroxyl groups is 1. The Morgan fingerprint density at radius 3 is 2.70 bits per heavy atom. The van der Waals surface area contributed by atoms with Gasteiger partial charge < -0.3 is 15.0 Å². The Bertz CT molecular complexity index is 600. The van der Waals surface area contributed by atoms with Crippen LogP contribution in [0.4, 0.5) is 0 Å². The molecule has 1 amide bonds. The first-order valence-corrected chi connectivity index (χ1v) is 6.98. The number of aromatic amines is 1. The summed E-state index contributed by atoms with van der Waals surface area (Å²) in [6.45, 7) is 3.96. The molecule has 2 heterocycles. The molecule has 1 aromatic heterocycles. The van der Waals surface area contributed by atoms with Crippen LogP contribution in [0, 0.1) is 0 Å². The van der Waals surface area contributed by atoms with Gasteiger partial charge in [-0.25, -0.2) is 0 Å². The van der Waals surface area contributed by atoms with E-state index in [2.05, 4.69) is 9.88 Å². The van der Waals surface area contributed by atoms with Crippen LogP contribution < -0.4 is 0 Å². The summed E-state index contributed by atoms with van der Waals surface area (Å²) in [6, 6.07) is 7.86. The van der Waals surface area contributed by atoms with Gasteiger partial charge in [0.15, 0.2) is 0 Å². The third-order valence-corrected chi connectivity index (χ3v) is 3.90. The maximum atomic E-state index is 12.6. The molecule has 106 valence electrons. The summed E-state index contributed by atoms with van der Waals surface area (Å²) in [4.78, 5) is 19.8. The van der Waals surface area contributed by atoms with Gasteiger partial charge in [0, 0.05) is 49.8 Å².